The smallest absolute Gasteiger partial charge is 0.258 e. The molecule has 3 amide bonds. The number of hydrogen-bond acceptors (Lipinski definition) is 6. The first-order chi connectivity index (χ1) is 18.2. The summed E-state index contributed by atoms with van der Waals surface area (Å²) in [5, 5.41) is 6.32. The molecule has 0 atom stereocenters. The summed E-state index contributed by atoms with van der Waals surface area (Å²) in [4.78, 5) is 40.6. The van der Waals surface area contributed by atoms with E-state index in [1.807, 2.05) is 30.3 Å². The van der Waals surface area contributed by atoms with Gasteiger partial charge in [0.2, 0.25) is 11.8 Å². The fourth-order valence-corrected chi connectivity index (χ4v) is 4.16. The maximum Gasteiger partial charge on any atom is 0.258 e. The van der Waals surface area contributed by atoms with Crippen molar-refractivity contribution >= 4 is 46.1 Å². The minimum atomic E-state index is -0.261. The second kappa shape index (κ2) is 11.1. The van der Waals surface area contributed by atoms with E-state index in [4.69, 9.17) is 9.47 Å². The molecule has 1 heterocycles. The largest absolute Gasteiger partial charge is 0.493 e. The van der Waals surface area contributed by atoms with E-state index in [2.05, 4.69) is 10.6 Å². The molecule has 0 radical (unpaired) electrons. The van der Waals surface area contributed by atoms with Crippen LogP contribution in [0.25, 0.3) is 11.3 Å². The first-order valence-corrected chi connectivity index (χ1v) is 12.0. The Labute approximate surface area is 221 Å². The van der Waals surface area contributed by atoms with Gasteiger partial charge in [-0.25, -0.2) is 0 Å². The summed E-state index contributed by atoms with van der Waals surface area (Å²) in [6.07, 6.45) is 0. The molecule has 0 aliphatic carbocycles. The minimum absolute atomic E-state index is 0.0589. The Kier molecular flexibility index (Phi) is 7.66. The highest BCUT2D eigenvalue weighted by molar-refractivity contribution is 6.37. The van der Waals surface area contributed by atoms with Gasteiger partial charge in [-0.2, -0.15) is 0 Å². The van der Waals surface area contributed by atoms with Crippen LogP contribution < -0.4 is 25.0 Å². The molecular weight excluding hydrogens is 484 g/mol. The Balaban J connectivity index is 1.75. The number of methoxy groups -OCH3 is 2. The molecular formula is C29H30N4O5. The van der Waals surface area contributed by atoms with Crippen LogP contribution in [0.15, 0.2) is 66.7 Å². The van der Waals surface area contributed by atoms with Crippen molar-refractivity contribution in [2.45, 2.75) is 6.92 Å². The van der Waals surface area contributed by atoms with Crippen LogP contribution in [-0.4, -0.2) is 57.5 Å². The normalized spacial score (nSPS) is 13.2. The number of nitrogens with one attached hydrogen (secondary N) is 2. The van der Waals surface area contributed by atoms with Gasteiger partial charge in [0.05, 0.1) is 31.2 Å². The summed E-state index contributed by atoms with van der Waals surface area (Å²) < 4.78 is 10.9. The van der Waals surface area contributed by atoms with Crippen molar-refractivity contribution in [2.24, 2.45) is 0 Å². The van der Waals surface area contributed by atoms with Crippen molar-refractivity contribution < 1.29 is 23.9 Å². The molecule has 38 heavy (non-hydrogen) atoms. The monoisotopic (exact) mass is 514 g/mol. The summed E-state index contributed by atoms with van der Waals surface area (Å²) in [6, 6.07) is 20.2. The van der Waals surface area contributed by atoms with E-state index in [0.29, 0.717) is 45.4 Å². The van der Waals surface area contributed by atoms with Crippen LogP contribution in [0.1, 0.15) is 18.1 Å². The molecule has 9 heteroatoms. The molecule has 3 aromatic carbocycles. The Morgan fingerprint density at radius 2 is 1.55 bits per heavy atom. The molecule has 0 spiro atoms. The first-order valence-electron chi connectivity index (χ1n) is 12.0. The van der Waals surface area contributed by atoms with E-state index < -0.39 is 0 Å². The van der Waals surface area contributed by atoms with Crippen molar-refractivity contribution in [3.05, 3.63) is 77.9 Å². The van der Waals surface area contributed by atoms with Gasteiger partial charge in [0.15, 0.2) is 11.5 Å². The highest BCUT2D eigenvalue weighted by atomic mass is 16.5. The number of fused-ring (bicyclic) bond motifs is 1. The molecule has 0 saturated heterocycles. The molecule has 0 bridgehead atoms. The predicted octanol–water partition coefficient (Wildman–Crippen LogP) is 4.08. The Hall–Kier alpha value is -4.79. The van der Waals surface area contributed by atoms with Gasteiger partial charge < -0.3 is 29.9 Å². The molecule has 2 N–H and O–H groups in total. The van der Waals surface area contributed by atoms with E-state index in [1.165, 1.54) is 16.7 Å². The lowest BCUT2D eigenvalue weighted by Gasteiger charge is -2.23. The van der Waals surface area contributed by atoms with Gasteiger partial charge in [0.1, 0.15) is 6.54 Å². The highest BCUT2D eigenvalue weighted by Gasteiger charge is 2.30. The zero-order valence-electron chi connectivity index (χ0n) is 22.0. The quantitative estimate of drug-likeness (QED) is 0.440. The van der Waals surface area contributed by atoms with Crippen molar-refractivity contribution in [2.75, 3.05) is 50.4 Å². The Morgan fingerprint density at radius 3 is 2.13 bits per heavy atom. The van der Waals surface area contributed by atoms with Gasteiger partial charge in [0, 0.05) is 44.0 Å². The Bertz CT molecular complexity index is 1400. The Morgan fingerprint density at radius 1 is 0.921 bits per heavy atom. The van der Waals surface area contributed by atoms with Crippen LogP contribution in [0.3, 0.4) is 0 Å². The molecule has 196 valence electrons. The summed E-state index contributed by atoms with van der Waals surface area (Å²) >= 11 is 0. The third-order valence-corrected chi connectivity index (χ3v) is 6.20. The fraction of sp³-hybridized carbons (Fsp3) is 0.207. The average molecular weight is 515 g/mol. The molecule has 0 unspecified atom stereocenters. The van der Waals surface area contributed by atoms with Gasteiger partial charge in [-0.1, -0.05) is 30.3 Å². The van der Waals surface area contributed by atoms with Crippen molar-refractivity contribution in [1.82, 2.24) is 4.90 Å². The molecule has 0 aromatic heterocycles. The molecule has 3 aromatic rings. The summed E-state index contributed by atoms with van der Waals surface area (Å²) in [5.41, 5.74) is 4.46. The van der Waals surface area contributed by atoms with Gasteiger partial charge in [-0.15, -0.1) is 0 Å². The molecule has 0 fully saturated rings. The van der Waals surface area contributed by atoms with Crippen LogP contribution >= 0.6 is 0 Å². The molecule has 9 nitrogen and oxygen atoms in total. The number of amides is 3. The third kappa shape index (κ3) is 5.31. The zero-order valence-corrected chi connectivity index (χ0v) is 22.0. The van der Waals surface area contributed by atoms with Crippen LogP contribution in [0.2, 0.25) is 0 Å². The number of likely N-dealkylation sites (N-methyl/N-ethyl adjacent to an activating group) is 1. The SMILES string of the molecule is COc1cc2c(cc1OC)C(=C(Nc1ccc(N(CC(=O)N(C)C)C(C)=O)cc1)c1ccccc1)C(=O)N2. The predicted molar refractivity (Wildman–Crippen MR) is 148 cm³/mol. The van der Waals surface area contributed by atoms with E-state index in [-0.39, 0.29) is 24.3 Å². The third-order valence-electron chi connectivity index (χ3n) is 6.20. The van der Waals surface area contributed by atoms with E-state index in [1.54, 1.807) is 64.7 Å². The van der Waals surface area contributed by atoms with E-state index in [9.17, 15) is 14.4 Å². The van der Waals surface area contributed by atoms with Crippen LogP contribution in [0.4, 0.5) is 17.1 Å². The molecule has 4 rings (SSSR count). The second-order valence-corrected chi connectivity index (χ2v) is 8.89. The maximum absolute atomic E-state index is 13.2. The zero-order chi connectivity index (χ0) is 27.4. The van der Waals surface area contributed by atoms with Gasteiger partial charge in [-0.05, 0) is 35.9 Å². The number of hydrogen-bond donors (Lipinski definition) is 2. The minimum Gasteiger partial charge on any atom is -0.493 e. The standard InChI is InChI=1S/C29H30N4O5/c1-18(34)33(17-26(35)32(2)3)21-13-11-20(12-14-21)30-28(19-9-7-6-8-10-19)27-22-15-24(37-4)25(38-5)16-23(22)31-29(27)36/h6-16,30H,17H2,1-5H3,(H,31,36). The van der Waals surface area contributed by atoms with Crippen LogP contribution in [-0.2, 0) is 14.4 Å². The van der Waals surface area contributed by atoms with Gasteiger partial charge in [-0.3, -0.25) is 14.4 Å². The van der Waals surface area contributed by atoms with Crippen molar-refractivity contribution in [1.29, 1.82) is 0 Å². The first kappa shape index (κ1) is 26.3. The maximum atomic E-state index is 13.2. The lowest BCUT2D eigenvalue weighted by atomic mass is 9.99. The van der Waals surface area contributed by atoms with Gasteiger partial charge >= 0.3 is 0 Å². The summed E-state index contributed by atoms with van der Waals surface area (Å²) in [7, 11) is 6.39. The number of carbonyl (C=O) groups excluding carboxylic acids is 3. The topological polar surface area (TPSA) is 100 Å². The summed E-state index contributed by atoms with van der Waals surface area (Å²) in [6.45, 7) is 1.36. The average Bonchev–Trinajstić information content (AvgIpc) is 3.24. The fourth-order valence-electron chi connectivity index (χ4n) is 4.16. The van der Waals surface area contributed by atoms with Gasteiger partial charge in [0.25, 0.3) is 5.91 Å². The van der Waals surface area contributed by atoms with Crippen molar-refractivity contribution in [3.63, 3.8) is 0 Å². The molecule has 1 aliphatic rings. The highest BCUT2D eigenvalue weighted by Crippen LogP contribution is 2.43. The van der Waals surface area contributed by atoms with E-state index >= 15 is 0 Å². The number of anilines is 3. The number of carbonyl (C=O) groups is 3. The summed E-state index contributed by atoms with van der Waals surface area (Å²) in [5.74, 6) is 0.338. The van der Waals surface area contributed by atoms with Crippen LogP contribution in [0, 0.1) is 0 Å². The molecule has 1 aliphatic heterocycles. The number of ether oxygens (including phenoxy) is 2. The molecule has 0 saturated carbocycles. The lowest BCUT2D eigenvalue weighted by Crippen LogP contribution is -2.39. The number of benzene rings is 3. The van der Waals surface area contributed by atoms with Crippen LogP contribution in [0.5, 0.6) is 11.5 Å². The number of rotatable bonds is 8. The second-order valence-electron chi connectivity index (χ2n) is 8.89. The lowest BCUT2D eigenvalue weighted by molar-refractivity contribution is -0.129. The number of nitrogens with zero attached hydrogens (tertiary/aromatic N) is 2. The van der Waals surface area contributed by atoms with Crippen molar-refractivity contribution in [3.8, 4) is 11.5 Å². The van der Waals surface area contributed by atoms with E-state index in [0.717, 1.165) is 5.56 Å².